The highest BCUT2D eigenvalue weighted by Crippen LogP contribution is 2.51. The molecule has 0 amide bonds. The normalized spacial score (nSPS) is 17.4. The summed E-state index contributed by atoms with van der Waals surface area (Å²) in [6.07, 6.45) is 0.845. The predicted molar refractivity (Wildman–Crippen MR) is 127 cm³/mol. The Morgan fingerprint density at radius 1 is 0.667 bits per heavy atom. The first-order valence-corrected chi connectivity index (χ1v) is 10.9. The van der Waals surface area contributed by atoms with Gasteiger partial charge in [0.25, 0.3) is 0 Å². The Morgan fingerprint density at radius 2 is 1.23 bits per heavy atom. The van der Waals surface area contributed by atoms with Gasteiger partial charge in [0, 0.05) is 11.5 Å². The smallest absolute Gasteiger partial charge is 0.167 e. The first-order chi connectivity index (χ1) is 14.4. The van der Waals surface area contributed by atoms with Crippen LogP contribution in [0.5, 0.6) is 0 Å². The lowest BCUT2D eigenvalue weighted by Crippen LogP contribution is -2.25. The molecule has 0 spiro atoms. The van der Waals surface area contributed by atoms with Crippen LogP contribution in [0, 0.1) is 11.3 Å². The van der Waals surface area contributed by atoms with Crippen molar-refractivity contribution in [1.29, 1.82) is 0 Å². The molecule has 0 aliphatic heterocycles. The van der Waals surface area contributed by atoms with Crippen molar-refractivity contribution in [3.63, 3.8) is 0 Å². The zero-order valence-electron chi connectivity index (χ0n) is 17.5. The molecule has 0 bridgehead atoms. The molecule has 6 aromatic rings. The minimum atomic E-state index is -0.0427. The Kier molecular flexibility index (Phi) is 2.82. The van der Waals surface area contributed by atoms with Gasteiger partial charge in [-0.1, -0.05) is 81.4 Å². The fourth-order valence-electron chi connectivity index (χ4n) is 6.15. The Bertz CT molecular complexity index is 1660. The second-order valence-corrected chi connectivity index (χ2v) is 10.1. The van der Waals surface area contributed by atoms with Crippen molar-refractivity contribution >= 4 is 59.6 Å². The molecule has 0 fully saturated rings. The zero-order valence-corrected chi connectivity index (χ0v) is 17.5. The van der Waals surface area contributed by atoms with E-state index in [1.807, 2.05) is 0 Å². The van der Waals surface area contributed by atoms with Crippen LogP contribution in [-0.4, -0.2) is 5.78 Å². The Hall–Kier alpha value is -3.19. The van der Waals surface area contributed by atoms with E-state index < -0.39 is 0 Å². The Labute approximate surface area is 175 Å². The van der Waals surface area contributed by atoms with Crippen molar-refractivity contribution in [3.05, 3.63) is 71.8 Å². The van der Waals surface area contributed by atoms with Crippen molar-refractivity contribution in [2.24, 2.45) is 11.3 Å². The lowest BCUT2D eigenvalue weighted by molar-refractivity contribution is 0.0845. The first-order valence-electron chi connectivity index (χ1n) is 10.9. The number of fused-ring (bicyclic) bond motifs is 4. The van der Waals surface area contributed by atoms with Crippen molar-refractivity contribution in [1.82, 2.24) is 0 Å². The van der Waals surface area contributed by atoms with Gasteiger partial charge in [-0.3, -0.25) is 4.79 Å². The predicted octanol–water partition coefficient (Wildman–Crippen LogP) is 7.73. The topological polar surface area (TPSA) is 17.1 Å². The van der Waals surface area contributed by atoms with Gasteiger partial charge in [0.05, 0.1) is 0 Å². The summed E-state index contributed by atoms with van der Waals surface area (Å²) in [5.41, 5.74) is 2.20. The molecule has 6 aromatic carbocycles. The molecular formula is C29H22O. The van der Waals surface area contributed by atoms with Crippen LogP contribution in [0.3, 0.4) is 0 Å². The maximum Gasteiger partial charge on any atom is 0.167 e. The fourth-order valence-corrected chi connectivity index (χ4v) is 6.15. The summed E-state index contributed by atoms with van der Waals surface area (Å²) in [5.74, 6) is 0.370. The molecule has 30 heavy (non-hydrogen) atoms. The van der Waals surface area contributed by atoms with Crippen LogP contribution in [0.2, 0.25) is 0 Å². The van der Waals surface area contributed by atoms with Crippen LogP contribution in [0.4, 0.5) is 0 Å². The number of hydrogen-bond acceptors (Lipinski definition) is 1. The quantitative estimate of drug-likeness (QED) is 0.193. The number of ketones is 1. The van der Waals surface area contributed by atoms with Crippen LogP contribution < -0.4 is 0 Å². The van der Waals surface area contributed by atoms with Gasteiger partial charge in [-0.2, -0.15) is 0 Å². The van der Waals surface area contributed by atoms with E-state index in [4.69, 9.17) is 0 Å². The van der Waals surface area contributed by atoms with Gasteiger partial charge in [0.15, 0.2) is 5.78 Å². The van der Waals surface area contributed by atoms with Crippen LogP contribution in [0.15, 0.2) is 60.7 Å². The van der Waals surface area contributed by atoms with E-state index >= 15 is 0 Å². The highest BCUT2D eigenvalue weighted by atomic mass is 16.1. The van der Waals surface area contributed by atoms with E-state index in [1.165, 1.54) is 54.0 Å². The van der Waals surface area contributed by atoms with Gasteiger partial charge in [0.2, 0.25) is 0 Å². The standard InChI is InChI=1S/C29H22O/c1-29(2,3)22-14-21-19-12-10-15-6-4-8-17-18-9-5-7-16-11-13-20(25(21)28(22)30)27(24(16)18)26(19)23(15)17/h4-13,22H,14H2,1-3H3/t22-/m0/s1. The van der Waals surface area contributed by atoms with E-state index in [2.05, 4.69) is 81.4 Å². The third-order valence-corrected chi connectivity index (χ3v) is 7.54. The number of rotatable bonds is 0. The van der Waals surface area contributed by atoms with Crippen LogP contribution >= 0.6 is 0 Å². The van der Waals surface area contributed by atoms with E-state index in [0.29, 0.717) is 5.78 Å². The molecule has 0 radical (unpaired) electrons. The molecule has 1 atom stereocenters. The molecule has 0 saturated carbocycles. The molecule has 144 valence electrons. The molecule has 1 heteroatoms. The minimum absolute atomic E-state index is 0.0407. The van der Waals surface area contributed by atoms with Gasteiger partial charge in [0.1, 0.15) is 0 Å². The number of carbonyl (C=O) groups is 1. The van der Waals surface area contributed by atoms with E-state index in [1.54, 1.807) is 0 Å². The fraction of sp³-hybridized carbons (Fsp3) is 0.207. The molecule has 0 heterocycles. The highest BCUT2D eigenvalue weighted by Gasteiger charge is 2.41. The SMILES string of the molecule is CC(C)(C)[C@H]1Cc2c(c3ccc4cccc5c6cccc7ccc2c(c76)c3c45)C1=O. The summed E-state index contributed by atoms with van der Waals surface area (Å²) in [6, 6.07) is 22.2. The minimum Gasteiger partial charge on any atom is -0.294 e. The molecule has 1 aliphatic carbocycles. The van der Waals surface area contributed by atoms with Crippen molar-refractivity contribution in [2.45, 2.75) is 27.2 Å². The second-order valence-electron chi connectivity index (χ2n) is 10.1. The molecule has 0 saturated heterocycles. The molecular weight excluding hydrogens is 364 g/mol. The highest BCUT2D eigenvalue weighted by molar-refractivity contribution is 6.42. The van der Waals surface area contributed by atoms with Crippen LogP contribution in [-0.2, 0) is 6.42 Å². The number of benzene rings is 6. The molecule has 7 rings (SSSR count). The molecule has 1 nitrogen and oxygen atoms in total. The van der Waals surface area contributed by atoms with E-state index in [0.717, 1.165) is 17.4 Å². The third kappa shape index (κ3) is 1.78. The summed E-state index contributed by atoms with van der Waals surface area (Å²) in [6.45, 7) is 6.60. The summed E-state index contributed by atoms with van der Waals surface area (Å²) < 4.78 is 0. The number of Topliss-reactive ketones (excluding diaryl/α,β-unsaturated/α-hetero) is 1. The Balaban J connectivity index is 1.83. The number of carbonyl (C=O) groups excluding carboxylic acids is 1. The third-order valence-electron chi connectivity index (χ3n) is 7.54. The maximum absolute atomic E-state index is 13.7. The van der Waals surface area contributed by atoms with Gasteiger partial charge >= 0.3 is 0 Å². The largest absolute Gasteiger partial charge is 0.294 e. The van der Waals surface area contributed by atoms with Crippen LogP contribution in [0.25, 0.3) is 53.9 Å². The molecule has 0 unspecified atom stereocenters. The monoisotopic (exact) mass is 386 g/mol. The van der Waals surface area contributed by atoms with Crippen LogP contribution in [0.1, 0.15) is 36.7 Å². The van der Waals surface area contributed by atoms with E-state index in [9.17, 15) is 4.79 Å². The zero-order chi connectivity index (χ0) is 20.4. The summed E-state index contributed by atoms with van der Waals surface area (Å²) in [5, 5.41) is 12.9. The molecule has 0 N–H and O–H groups in total. The van der Waals surface area contributed by atoms with Gasteiger partial charge in [-0.05, 0) is 71.3 Å². The maximum atomic E-state index is 13.7. The molecule has 0 aromatic heterocycles. The Morgan fingerprint density at radius 3 is 1.83 bits per heavy atom. The average molecular weight is 386 g/mol. The summed E-state index contributed by atoms with van der Waals surface area (Å²) >= 11 is 0. The number of hydrogen-bond donors (Lipinski definition) is 0. The van der Waals surface area contributed by atoms with Crippen molar-refractivity contribution in [2.75, 3.05) is 0 Å². The van der Waals surface area contributed by atoms with E-state index in [-0.39, 0.29) is 11.3 Å². The van der Waals surface area contributed by atoms with Gasteiger partial charge in [-0.15, -0.1) is 0 Å². The van der Waals surface area contributed by atoms with Crippen molar-refractivity contribution < 1.29 is 4.79 Å². The van der Waals surface area contributed by atoms with Crippen molar-refractivity contribution in [3.8, 4) is 0 Å². The van der Waals surface area contributed by atoms with Gasteiger partial charge in [-0.25, -0.2) is 0 Å². The lowest BCUT2D eigenvalue weighted by Gasteiger charge is -2.25. The van der Waals surface area contributed by atoms with Gasteiger partial charge < -0.3 is 0 Å². The summed E-state index contributed by atoms with van der Waals surface area (Å²) in [7, 11) is 0. The summed E-state index contributed by atoms with van der Waals surface area (Å²) in [4.78, 5) is 13.7. The molecule has 1 aliphatic rings. The lowest BCUT2D eigenvalue weighted by atomic mass is 9.78. The first kappa shape index (κ1) is 16.6. The second kappa shape index (κ2) is 5.10. The average Bonchev–Trinajstić information content (AvgIpc) is 3.10.